The minimum absolute atomic E-state index is 0. The molecule has 0 spiro atoms. The summed E-state index contributed by atoms with van der Waals surface area (Å²) in [6.07, 6.45) is 0. The van der Waals surface area contributed by atoms with Gasteiger partial charge >= 0.3 is 15.6 Å². The van der Waals surface area contributed by atoms with E-state index in [1.165, 1.54) is 0 Å². The molecular formula is C6H22O12P2. The van der Waals surface area contributed by atoms with Gasteiger partial charge in [0.25, 0.3) is 0 Å². The number of phosphoric acid groups is 2. The summed E-state index contributed by atoms with van der Waals surface area (Å²) in [5.41, 5.74) is -1.11. The summed E-state index contributed by atoms with van der Waals surface area (Å²) in [4.78, 5) is 43.1. The molecule has 20 heavy (non-hydrogen) atoms. The molecule has 0 unspecified atom stereocenters. The third-order valence-electron chi connectivity index (χ3n) is 1.34. The third-order valence-corrected chi connectivity index (χ3v) is 1.34. The molecule has 0 aromatic rings. The molecule has 0 saturated heterocycles. The second-order valence-electron chi connectivity index (χ2n) is 3.16. The van der Waals surface area contributed by atoms with E-state index in [4.69, 9.17) is 58.9 Å². The Kier molecular flexibility index (Phi) is 18.0. The van der Waals surface area contributed by atoms with Gasteiger partial charge in [-0.25, -0.2) is 9.13 Å². The molecule has 0 fully saturated rings. The summed E-state index contributed by atoms with van der Waals surface area (Å²) in [6, 6.07) is 0. The zero-order chi connectivity index (χ0) is 16.3. The van der Waals surface area contributed by atoms with E-state index in [1.807, 2.05) is 0 Å². The number of aliphatic hydroxyl groups excluding tert-OH is 4. The van der Waals surface area contributed by atoms with Crippen molar-refractivity contribution in [3.8, 4) is 0 Å². The van der Waals surface area contributed by atoms with Crippen LogP contribution in [0.1, 0.15) is 7.43 Å². The van der Waals surface area contributed by atoms with Crippen molar-refractivity contribution in [3.05, 3.63) is 0 Å². The molecule has 14 heteroatoms. The lowest BCUT2D eigenvalue weighted by Crippen LogP contribution is -2.37. The molecular weight excluding hydrogens is 326 g/mol. The molecule has 0 atom stereocenters. The maximum absolute atomic E-state index is 8.88. The highest BCUT2D eigenvalue weighted by atomic mass is 31.2. The molecule has 0 aromatic carbocycles. The fraction of sp³-hybridized carbons (Fsp3) is 1.00. The SMILES string of the molecule is C.O=P(O)(O)O.O=P(O)(O)O.OCC(CO)(CO)CO. The summed E-state index contributed by atoms with van der Waals surface area (Å²) in [6.45, 7) is -1.62. The van der Waals surface area contributed by atoms with Gasteiger partial charge in [0.15, 0.2) is 0 Å². The van der Waals surface area contributed by atoms with Crippen LogP contribution < -0.4 is 0 Å². The second-order valence-corrected chi connectivity index (χ2v) is 5.21. The predicted octanol–water partition coefficient (Wildman–Crippen LogP) is -3.28. The van der Waals surface area contributed by atoms with Gasteiger partial charge in [0.05, 0.1) is 31.8 Å². The van der Waals surface area contributed by atoms with Crippen LogP contribution in [0.15, 0.2) is 0 Å². The molecule has 0 aliphatic heterocycles. The van der Waals surface area contributed by atoms with Gasteiger partial charge in [0, 0.05) is 0 Å². The van der Waals surface area contributed by atoms with Gasteiger partial charge in [0.2, 0.25) is 0 Å². The van der Waals surface area contributed by atoms with Crippen LogP contribution in [0.25, 0.3) is 0 Å². The van der Waals surface area contributed by atoms with Crippen LogP contribution in [0.5, 0.6) is 0 Å². The van der Waals surface area contributed by atoms with Crippen LogP contribution in [0, 0.1) is 5.41 Å². The predicted molar refractivity (Wildman–Crippen MR) is 66.0 cm³/mol. The Hall–Kier alpha value is 0.0600. The van der Waals surface area contributed by atoms with Crippen molar-refractivity contribution >= 4 is 15.6 Å². The molecule has 0 radical (unpaired) electrons. The topological polar surface area (TPSA) is 236 Å². The molecule has 0 aliphatic rings. The van der Waals surface area contributed by atoms with E-state index in [2.05, 4.69) is 0 Å². The highest BCUT2D eigenvalue weighted by Crippen LogP contribution is 2.26. The lowest BCUT2D eigenvalue weighted by Gasteiger charge is -2.23. The van der Waals surface area contributed by atoms with E-state index >= 15 is 0 Å². The molecule has 12 nitrogen and oxygen atoms in total. The summed E-state index contributed by atoms with van der Waals surface area (Å²) in [7, 11) is -9.28. The zero-order valence-electron chi connectivity index (χ0n) is 9.51. The van der Waals surface area contributed by atoms with E-state index in [0.29, 0.717) is 0 Å². The van der Waals surface area contributed by atoms with Gasteiger partial charge in [0.1, 0.15) is 0 Å². The average Bonchev–Trinajstić information content (AvgIpc) is 2.17. The zero-order valence-corrected chi connectivity index (χ0v) is 11.3. The van der Waals surface area contributed by atoms with Gasteiger partial charge in [-0.2, -0.15) is 0 Å². The Balaban J connectivity index is -0.000000101. The molecule has 0 amide bonds. The van der Waals surface area contributed by atoms with Crippen molar-refractivity contribution in [2.24, 2.45) is 5.41 Å². The van der Waals surface area contributed by atoms with Gasteiger partial charge in [-0.05, 0) is 0 Å². The highest BCUT2D eigenvalue weighted by Gasteiger charge is 2.26. The number of aliphatic hydroxyl groups is 4. The molecule has 0 heterocycles. The van der Waals surface area contributed by atoms with Gasteiger partial charge in [-0.1, -0.05) is 7.43 Å². The van der Waals surface area contributed by atoms with E-state index in [9.17, 15) is 0 Å². The first-order chi connectivity index (χ1) is 8.24. The molecule has 0 bridgehead atoms. The van der Waals surface area contributed by atoms with Crippen LogP contribution in [-0.4, -0.2) is 76.2 Å². The van der Waals surface area contributed by atoms with E-state index in [-0.39, 0.29) is 7.43 Å². The van der Waals surface area contributed by atoms with Crippen LogP contribution in [0.2, 0.25) is 0 Å². The molecule has 128 valence electrons. The van der Waals surface area contributed by atoms with Crippen molar-refractivity contribution in [2.75, 3.05) is 26.4 Å². The number of rotatable bonds is 4. The second kappa shape index (κ2) is 12.8. The molecule has 0 rings (SSSR count). The van der Waals surface area contributed by atoms with E-state index in [1.54, 1.807) is 0 Å². The maximum atomic E-state index is 8.88. The summed E-state index contributed by atoms with van der Waals surface area (Å²) >= 11 is 0. The smallest absolute Gasteiger partial charge is 0.396 e. The van der Waals surface area contributed by atoms with Crippen molar-refractivity contribution in [3.63, 3.8) is 0 Å². The Labute approximate surface area is 115 Å². The summed E-state index contributed by atoms with van der Waals surface area (Å²) in [5.74, 6) is 0. The lowest BCUT2D eigenvalue weighted by atomic mass is 9.93. The Morgan fingerprint density at radius 3 is 0.700 bits per heavy atom. The molecule has 10 N–H and O–H groups in total. The van der Waals surface area contributed by atoms with E-state index < -0.39 is 47.5 Å². The fourth-order valence-corrected chi connectivity index (χ4v) is 0.300. The summed E-state index contributed by atoms with van der Waals surface area (Å²) in [5, 5.41) is 34.0. The van der Waals surface area contributed by atoms with Crippen LogP contribution >= 0.6 is 15.6 Å². The maximum Gasteiger partial charge on any atom is 0.466 e. The Morgan fingerprint density at radius 1 is 0.600 bits per heavy atom. The molecule has 0 aromatic heterocycles. The highest BCUT2D eigenvalue weighted by molar-refractivity contribution is 7.45. The van der Waals surface area contributed by atoms with Gasteiger partial charge in [-0.3, -0.25) is 0 Å². The number of hydrogen-bond acceptors (Lipinski definition) is 6. The lowest BCUT2D eigenvalue weighted by molar-refractivity contribution is -0.0328. The molecule has 0 saturated carbocycles. The summed E-state index contributed by atoms with van der Waals surface area (Å²) < 4.78 is 17.8. The number of hydrogen-bond donors (Lipinski definition) is 10. The van der Waals surface area contributed by atoms with Crippen molar-refractivity contribution < 1.29 is 58.9 Å². The Bertz CT molecular complexity index is 236. The van der Waals surface area contributed by atoms with Gasteiger partial charge < -0.3 is 49.8 Å². The van der Waals surface area contributed by atoms with E-state index in [0.717, 1.165) is 0 Å². The fourth-order valence-electron chi connectivity index (χ4n) is 0.300. The Morgan fingerprint density at radius 2 is 0.700 bits per heavy atom. The quantitative estimate of drug-likeness (QED) is 0.225. The van der Waals surface area contributed by atoms with Crippen LogP contribution in [0.4, 0.5) is 0 Å². The first-order valence-corrected chi connectivity index (χ1v) is 7.37. The largest absolute Gasteiger partial charge is 0.466 e. The monoisotopic (exact) mass is 348 g/mol. The van der Waals surface area contributed by atoms with Crippen LogP contribution in [0.3, 0.4) is 0 Å². The normalized spacial score (nSPS) is 11.3. The van der Waals surface area contributed by atoms with Crippen molar-refractivity contribution in [1.29, 1.82) is 0 Å². The average molecular weight is 348 g/mol. The van der Waals surface area contributed by atoms with Crippen molar-refractivity contribution in [2.45, 2.75) is 7.43 Å². The van der Waals surface area contributed by atoms with Crippen molar-refractivity contribution in [1.82, 2.24) is 0 Å². The standard InChI is InChI=1S/C5H12O4.CH4.2H3O4P/c6-1-5(2-7,3-8)4-9;;2*1-5(2,3)4/h6-9H,1-4H2;1H4;2*(H3,1,2,3,4). The van der Waals surface area contributed by atoms with Crippen LogP contribution in [-0.2, 0) is 9.13 Å². The first-order valence-electron chi connectivity index (χ1n) is 4.24. The minimum Gasteiger partial charge on any atom is -0.396 e. The molecule has 0 aliphatic carbocycles. The van der Waals surface area contributed by atoms with Gasteiger partial charge in [-0.15, -0.1) is 0 Å². The third kappa shape index (κ3) is 36.1. The minimum atomic E-state index is -4.64. The first kappa shape index (κ1) is 28.3.